The number of imidazole rings is 1. The Morgan fingerprint density at radius 1 is 1.53 bits per heavy atom. The lowest BCUT2D eigenvalue weighted by Crippen LogP contribution is -2.34. The minimum absolute atomic E-state index is 0.677. The summed E-state index contributed by atoms with van der Waals surface area (Å²) in [7, 11) is 2.10. The third-order valence-electron chi connectivity index (χ3n) is 4.42. The fraction of sp³-hybridized carbons (Fsp3) is 0.600. The van der Waals surface area contributed by atoms with Gasteiger partial charge in [-0.1, -0.05) is 6.92 Å². The van der Waals surface area contributed by atoms with E-state index in [0.717, 1.165) is 29.9 Å². The maximum atomic E-state index is 4.75. The van der Waals surface area contributed by atoms with Crippen LogP contribution in [0.4, 0.5) is 0 Å². The van der Waals surface area contributed by atoms with E-state index in [1.807, 2.05) is 18.5 Å². The number of aryl methyl sites for hydroxylation is 1. The highest BCUT2D eigenvalue weighted by Gasteiger charge is 2.21. The Morgan fingerprint density at radius 2 is 2.42 bits per heavy atom. The van der Waals surface area contributed by atoms with Crippen molar-refractivity contribution in [3.8, 4) is 0 Å². The largest absolute Gasteiger partial charge is 0.330 e. The second kappa shape index (κ2) is 5.29. The van der Waals surface area contributed by atoms with Gasteiger partial charge in [0.2, 0.25) is 0 Å². The zero-order chi connectivity index (χ0) is 13.2. The van der Waals surface area contributed by atoms with Gasteiger partial charge in [0.05, 0.1) is 17.2 Å². The van der Waals surface area contributed by atoms with Gasteiger partial charge in [0.1, 0.15) is 5.82 Å². The van der Waals surface area contributed by atoms with E-state index >= 15 is 0 Å². The quantitative estimate of drug-likeness (QED) is 0.917. The highest BCUT2D eigenvalue weighted by Crippen LogP contribution is 2.24. The molecule has 0 amide bonds. The minimum atomic E-state index is 0.677. The van der Waals surface area contributed by atoms with Gasteiger partial charge in [0.25, 0.3) is 0 Å². The van der Waals surface area contributed by atoms with Gasteiger partial charge in [-0.05, 0) is 43.8 Å². The van der Waals surface area contributed by atoms with Crippen LogP contribution in [0.2, 0.25) is 0 Å². The topological polar surface area (TPSA) is 42.7 Å². The third kappa shape index (κ3) is 2.50. The van der Waals surface area contributed by atoms with Crippen LogP contribution in [0, 0.1) is 11.8 Å². The average Bonchev–Trinajstić information content (AvgIpc) is 2.77. The first kappa shape index (κ1) is 12.6. The number of piperidine rings is 1. The molecule has 0 aromatic carbocycles. The van der Waals surface area contributed by atoms with Crippen molar-refractivity contribution in [3.63, 3.8) is 0 Å². The molecule has 0 spiro atoms. The lowest BCUT2D eigenvalue weighted by atomic mass is 9.85. The number of fused-ring (bicyclic) bond motifs is 1. The van der Waals surface area contributed by atoms with Crippen LogP contribution in [0.5, 0.6) is 0 Å². The molecule has 1 saturated heterocycles. The van der Waals surface area contributed by atoms with Crippen LogP contribution < -0.4 is 5.32 Å². The van der Waals surface area contributed by atoms with Crippen molar-refractivity contribution in [2.45, 2.75) is 26.2 Å². The van der Waals surface area contributed by atoms with Crippen molar-refractivity contribution in [2.75, 3.05) is 13.1 Å². The molecule has 3 heterocycles. The fourth-order valence-electron chi connectivity index (χ4n) is 3.09. The van der Waals surface area contributed by atoms with E-state index < -0.39 is 0 Å². The molecule has 4 nitrogen and oxygen atoms in total. The van der Waals surface area contributed by atoms with Gasteiger partial charge in [0, 0.05) is 19.7 Å². The van der Waals surface area contributed by atoms with E-state index in [-0.39, 0.29) is 0 Å². The summed E-state index contributed by atoms with van der Waals surface area (Å²) in [5.41, 5.74) is 2.19. The predicted octanol–water partition coefficient (Wildman–Crippen LogP) is 2.15. The molecule has 19 heavy (non-hydrogen) atoms. The van der Waals surface area contributed by atoms with Gasteiger partial charge in [-0.15, -0.1) is 0 Å². The third-order valence-corrected chi connectivity index (χ3v) is 4.42. The molecule has 0 bridgehead atoms. The van der Waals surface area contributed by atoms with E-state index in [9.17, 15) is 0 Å². The molecule has 2 unspecified atom stereocenters. The second-order valence-corrected chi connectivity index (χ2v) is 5.74. The summed E-state index contributed by atoms with van der Waals surface area (Å²) in [5.74, 6) is 2.64. The highest BCUT2D eigenvalue weighted by atomic mass is 15.1. The molecule has 1 aliphatic heterocycles. The maximum Gasteiger partial charge on any atom is 0.109 e. The van der Waals surface area contributed by atoms with Crippen molar-refractivity contribution in [1.29, 1.82) is 0 Å². The standard InChI is InChI=1S/C15H22N4/c1-11(12-4-3-6-16-9-12)8-15-18-13-5-7-17-10-14(13)19(15)2/h5,7,10-12,16H,3-4,6,8-9H2,1-2H3. The van der Waals surface area contributed by atoms with Crippen molar-refractivity contribution in [3.05, 3.63) is 24.3 Å². The monoisotopic (exact) mass is 258 g/mol. The zero-order valence-electron chi connectivity index (χ0n) is 11.8. The molecular weight excluding hydrogens is 236 g/mol. The molecular formula is C15H22N4. The molecule has 2 atom stereocenters. The summed E-state index contributed by atoms with van der Waals surface area (Å²) in [6.45, 7) is 4.70. The number of nitrogens with one attached hydrogen (secondary N) is 1. The molecule has 4 heteroatoms. The summed E-state index contributed by atoms with van der Waals surface area (Å²) in [5, 5.41) is 3.51. The smallest absolute Gasteiger partial charge is 0.109 e. The first-order chi connectivity index (χ1) is 9.25. The first-order valence-corrected chi connectivity index (χ1v) is 7.21. The molecule has 1 fully saturated rings. The van der Waals surface area contributed by atoms with Crippen LogP contribution in [-0.4, -0.2) is 27.6 Å². The summed E-state index contributed by atoms with van der Waals surface area (Å²) in [6, 6.07) is 1.99. The Morgan fingerprint density at radius 3 is 3.16 bits per heavy atom. The van der Waals surface area contributed by atoms with Crippen LogP contribution >= 0.6 is 0 Å². The summed E-state index contributed by atoms with van der Waals surface area (Å²) in [4.78, 5) is 8.93. The number of hydrogen-bond acceptors (Lipinski definition) is 3. The lowest BCUT2D eigenvalue weighted by Gasteiger charge is -2.28. The van der Waals surface area contributed by atoms with E-state index in [4.69, 9.17) is 4.98 Å². The Bertz CT molecular complexity index is 554. The van der Waals surface area contributed by atoms with Gasteiger partial charge in [-0.2, -0.15) is 0 Å². The number of pyridine rings is 1. The van der Waals surface area contributed by atoms with Crippen LogP contribution in [0.25, 0.3) is 11.0 Å². The molecule has 102 valence electrons. The molecule has 1 aliphatic rings. The van der Waals surface area contributed by atoms with Crippen LogP contribution in [-0.2, 0) is 13.5 Å². The molecule has 2 aromatic heterocycles. The van der Waals surface area contributed by atoms with E-state index in [1.165, 1.54) is 25.2 Å². The molecule has 3 rings (SSSR count). The summed E-state index contributed by atoms with van der Waals surface area (Å²) >= 11 is 0. The molecule has 0 saturated carbocycles. The summed E-state index contributed by atoms with van der Waals surface area (Å²) in [6.07, 6.45) is 7.42. The molecule has 0 radical (unpaired) electrons. The second-order valence-electron chi connectivity index (χ2n) is 5.74. The Labute approximate surface area is 114 Å². The number of hydrogen-bond donors (Lipinski definition) is 1. The van der Waals surface area contributed by atoms with Crippen LogP contribution in [0.1, 0.15) is 25.6 Å². The lowest BCUT2D eigenvalue weighted by molar-refractivity contribution is 0.275. The Hall–Kier alpha value is -1.42. The minimum Gasteiger partial charge on any atom is -0.330 e. The molecule has 0 aliphatic carbocycles. The number of rotatable bonds is 3. The van der Waals surface area contributed by atoms with Crippen molar-refractivity contribution in [2.24, 2.45) is 18.9 Å². The summed E-state index contributed by atoms with van der Waals surface area (Å²) < 4.78 is 2.19. The highest BCUT2D eigenvalue weighted by molar-refractivity contribution is 5.74. The van der Waals surface area contributed by atoms with Crippen LogP contribution in [0.3, 0.4) is 0 Å². The zero-order valence-corrected chi connectivity index (χ0v) is 11.8. The maximum absolute atomic E-state index is 4.75. The Balaban J connectivity index is 1.78. The first-order valence-electron chi connectivity index (χ1n) is 7.21. The van der Waals surface area contributed by atoms with E-state index in [0.29, 0.717) is 5.92 Å². The van der Waals surface area contributed by atoms with Crippen LogP contribution in [0.15, 0.2) is 18.5 Å². The average molecular weight is 258 g/mol. The van der Waals surface area contributed by atoms with Gasteiger partial charge in [-0.3, -0.25) is 4.98 Å². The van der Waals surface area contributed by atoms with Gasteiger partial charge >= 0.3 is 0 Å². The molecule has 2 aromatic rings. The normalized spacial score (nSPS) is 21.7. The fourth-order valence-corrected chi connectivity index (χ4v) is 3.09. The van der Waals surface area contributed by atoms with E-state index in [2.05, 4.69) is 28.8 Å². The van der Waals surface area contributed by atoms with Crippen molar-refractivity contribution >= 4 is 11.0 Å². The van der Waals surface area contributed by atoms with E-state index in [1.54, 1.807) is 0 Å². The number of nitrogens with zero attached hydrogens (tertiary/aromatic N) is 3. The van der Waals surface area contributed by atoms with Gasteiger partial charge < -0.3 is 9.88 Å². The number of aromatic nitrogens is 3. The predicted molar refractivity (Wildman–Crippen MR) is 77.0 cm³/mol. The van der Waals surface area contributed by atoms with Crippen molar-refractivity contribution in [1.82, 2.24) is 19.9 Å². The SMILES string of the molecule is CC(Cc1nc2ccncc2n1C)C1CCCNC1. The van der Waals surface area contributed by atoms with Gasteiger partial charge in [-0.25, -0.2) is 4.98 Å². The molecule has 1 N–H and O–H groups in total. The Kier molecular flexibility index (Phi) is 3.51. The van der Waals surface area contributed by atoms with Gasteiger partial charge in [0.15, 0.2) is 0 Å². The van der Waals surface area contributed by atoms with Crippen molar-refractivity contribution < 1.29 is 0 Å².